The molecule has 0 saturated heterocycles. The van der Waals surface area contributed by atoms with Crippen molar-refractivity contribution in [3.63, 3.8) is 0 Å². The van der Waals surface area contributed by atoms with Gasteiger partial charge in [0.2, 0.25) is 0 Å². The summed E-state index contributed by atoms with van der Waals surface area (Å²) in [6, 6.07) is 2.35. The minimum atomic E-state index is 0.368. The summed E-state index contributed by atoms with van der Waals surface area (Å²) in [6.07, 6.45) is 6.41. The first-order valence-corrected chi connectivity index (χ1v) is 7.35. The van der Waals surface area contributed by atoms with E-state index >= 15 is 0 Å². The Kier molecular flexibility index (Phi) is 3.70. The highest BCUT2D eigenvalue weighted by atomic mass is 15.0. The quantitative estimate of drug-likeness (QED) is 0.776. The maximum absolute atomic E-state index is 3.77. The average molecular weight is 245 g/mol. The van der Waals surface area contributed by atoms with Gasteiger partial charge in [-0.2, -0.15) is 0 Å². The molecule has 1 aromatic rings. The Morgan fingerprint density at radius 3 is 2.39 bits per heavy atom. The van der Waals surface area contributed by atoms with Gasteiger partial charge < -0.3 is 5.32 Å². The first-order valence-electron chi connectivity index (χ1n) is 7.35. The summed E-state index contributed by atoms with van der Waals surface area (Å²) in [5.74, 6) is 0. The van der Waals surface area contributed by atoms with E-state index in [4.69, 9.17) is 0 Å². The van der Waals surface area contributed by atoms with Crippen LogP contribution in [-0.2, 0) is 6.42 Å². The molecule has 0 aromatic heterocycles. The molecule has 0 atom stereocenters. The van der Waals surface area contributed by atoms with Crippen molar-refractivity contribution in [3.8, 4) is 0 Å². The standard InChI is InChI=1S/C17H27N/c1-6-7-8-15-12(2)11-13(3)16(14(15)4)18-17(5)9-10-17/h11,18H,6-10H2,1-5H3. The van der Waals surface area contributed by atoms with Gasteiger partial charge in [0, 0.05) is 11.2 Å². The number of anilines is 1. The van der Waals surface area contributed by atoms with Gasteiger partial charge in [-0.3, -0.25) is 0 Å². The van der Waals surface area contributed by atoms with Crippen LogP contribution in [-0.4, -0.2) is 5.54 Å². The fraction of sp³-hybridized carbons (Fsp3) is 0.647. The van der Waals surface area contributed by atoms with Gasteiger partial charge in [0.15, 0.2) is 0 Å². The molecule has 1 fully saturated rings. The molecule has 1 heteroatoms. The van der Waals surface area contributed by atoms with Crippen LogP contribution in [0.1, 0.15) is 61.8 Å². The zero-order valence-electron chi connectivity index (χ0n) is 12.6. The second kappa shape index (κ2) is 4.95. The van der Waals surface area contributed by atoms with Crippen LogP contribution in [0.15, 0.2) is 6.07 Å². The van der Waals surface area contributed by atoms with E-state index in [1.165, 1.54) is 54.5 Å². The maximum Gasteiger partial charge on any atom is 0.0406 e. The molecule has 1 nitrogen and oxygen atoms in total. The molecule has 0 radical (unpaired) electrons. The topological polar surface area (TPSA) is 12.0 Å². The van der Waals surface area contributed by atoms with Crippen molar-refractivity contribution in [2.45, 2.75) is 72.3 Å². The minimum absolute atomic E-state index is 0.368. The fourth-order valence-corrected chi connectivity index (χ4v) is 2.77. The zero-order valence-corrected chi connectivity index (χ0v) is 12.6. The highest BCUT2D eigenvalue weighted by molar-refractivity contribution is 5.63. The molecule has 18 heavy (non-hydrogen) atoms. The van der Waals surface area contributed by atoms with Crippen LogP contribution in [0, 0.1) is 20.8 Å². The van der Waals surface area contributed by atoms with Crippen LogP contribution in [0.25, 0.3) is 0 Å². The van der Waals surface area contributed by atoms with E-state index in [2.05, 4.69) is 46.0 Å². The van der Waals surface area contributed by atoms with Crippen molar-refractivity contribution in [2.75, 3.05) is 5.32 Å². The molecule has 0 bridgehead atoms. The number of aryl methyl sites for hydroxylation is 2. The lowest BCUT2D eigenvalue weighted by atomic mass is 9.93. The summed E-state index contributed by atoms with van der Waals surface area (Å²) < 4.78 is 0. The van der Waals surface area contributed by atoms with E-state index < -0.39 is 0 Å². The van der Waals surface area contributed by atoms with Gasteiger partial charge in [0.1, 0.15) is 0 Å². The van der Waals surface area contributed by atoms with E-state index in [-0.39, 0.29) is 0 Å². The Morgan fingerprint density at radius 2 is 1.83 bits per heavy atom. The van der Waals surface area contributed by atoms with Gasteiger partial charge in [0.05, 0.1) is 0 Å². The van der Waals surface area contributed by atoms with Gasteiger partial charge in [-0.1, -0.05) is 19.4 Å². The Balaban J connectivity index is 2.32. The Bertz CT molecular complexity index is 441. The van der Waals surface area contributed by atoms with Crippen molar-refractivity contribution in [3.05, 3.63) is 28.3 Å². The molecular formula is C17H27N. The summed E-state index contributed by atoms with van der Waals surface area (Å²) in [5.41, 5.74) is 7.67. The molecule has 100 valence electrons. The molecular weight excluding hydrogens is 218 g/mol. The predicted molar refractivity (Wildman–Crippen MR) is 80.5 cm³/mol. The minimum Gasteiger partial charge on any atom is -0.379 e. The third kappa shape index (κ3) is 2.71. The van der Waals surface area contributed by atoms with Gasteiger partial charge >= 0.3 is 0 Å². The molecule has 1 aliphatic carbocycles. The SMILES string of the molecule is CCCCc1c(C)cc(C)c(NC2(C)CC2)c1C. The summed E-state index contributed by atoms with van der Waals surface area (Å²) in [5, 5.41) is 3.77. The van der Waals surface area contributed by atoms with Crippen molar-refractivity contribution in [2.24, 2.45) is 0 Å². The highest BCUT2D eigenvalue weighted by Crippen LogP contribution is 2.40. The van der Waals surface area contributed by atoms with Crippen molar-refractivity contribution >= 4 is 5.69 Å². The molecule has 2 rings (SSSR count). The van der Waals surface area contributed by atoms with Crippen LogP contribution in [0.2, 0.25) is 0 Å². The summed E-state index contributed by atoms with van der Waals surface area (Å²) in [4.78, 5) is 0. The third-order valence-corrected chi connectivity index (χ3v) is 4.34. The largest absolute Gasteiger partial charge is 0.379 e. The fourth-order valence-electron chi connectivity index (χ4n) is 2.77. The first-order chi connectivity index (χ1) is 8.47. The highest BCUT2D eigenvalue weighted by Gasteiger charge is 2.37. The van der Waals surface area contributed by atoms with Crippen LogP contribution in [0.4, 0.5) is 5.69 Å². The number of rotatable bonds is 5. The maximum atomic E-state index is 3.77. The molecule has 0 unspecified atom stereocenters. The Morgan fingerprint density at radius 1 is 1.17 bits per heavy atom. The zero-order chi connectivity index (χ0) is 13.3. The predicted octanol–water partition coefficient (Wildman–Crippen LogP) is 4.92. The lowest BCUT2D eigenvalue weighted by Gasteiger charge is -2.22. The van der Waals surface area contributed by atoms with Crippen molar-refractivity contribution in [1.29, 1.82) is 0 Å². The van der Waals surface area contributed by atoms with E-state index in [0.29, 0.717) is 5.54 Å². The Labute approximate surface area is 112 Å². The summed E-state index contributed by atoms with van der Waals surface area (Å²) in [7, 11) is 0. The van der Waals surface area contributed by atoms with Crippen molar-refractivity contribution < 1.29 is 0 Å². The lowest BCUT2D eigenvalue weighted by Crippen LogP contribution is -2.18. The number of benzene rings is 1. The number of hydrogen-bond acceptors (Lipinski definition) is 1. The summed E-state index contributed by atoms with van der Waals surface area (Å²) in [6.45, 7) is 11.4. The molecule has 1 saturated carbocycles. The van der Waals surface area contributed by atoms with E-state index in [1.54, 1.807) is 5.56 Å². The van der Waals surface area contributed by atoms with Crippen LogP contribution in [0.3, 0.4) is 0 Å². The lowest BCUT2D eigenvalue weighted by molar-refractivity contribution is 0.783. The number of hydrogen-bond donors (Lipinski definition) is 1. The second-order valence-corrected chi connectivity index (χ2v) is 6.28. The molecule has 1 aliphatic rings. The third-order valence-electron chi connectivity index (χ3n) is 4.34. The normalized spacial score (nSPS) is 16.7. The average Bonchev–Trinajstić information content (AvgIpc) is 3.03. The molecule has 0 amide bonds. The molecule has 0 spiro atoms. The van der Waals surface area contributed by atoms with Gasteiger partial charge in [-0.25, -0.2) is 0 Å². The molecule has 0 aliphatic heterocycles. The monoisotopic (exact) mass is 245 g/mol. The van der Waals surface area contributed by atoms with Crippen LogP contribution < -0.4 is 5.32 Å². The second-order valence-electron chi connectivity index (χ2n) is 6.28. The van der Waals surface area contributed by atoms with E-state index in [0.717, 1.165) is 0 Å². The first kappa shape index (κ1) is 13.5. The molecule has 1 N–H and O–H groups in total. The van der Waals surface area contributed by atoms with Crippen LogP contribution in [0.5, 0.6) is 0 Å². The summed E-state index contributed by atoms with van der Waals surface area (Å²) >= 11 is 0. The van der Waals surface area contributed by atoms with E-state index in [9.17, 15) is 0 Å². The smallest absolute Gasteiger partial charge is 0.0406 e. The Hall–Kier alpha value is -0.980. The molecule has 0 heterocycles. The van der Waals surface area contributed by atoms with Gasteiger partial charge in [-0.15, -0.1) is 0 Å². The van der Waals surface area contributed by atoms with Gasteiger partial charge in [-0.05, 0) is 75.6 Å². The van der Waals surface area contributed by atoms with E-state index in [1.807, 2.05) is 0 Å². The molecule has 1 aromatic carbocycles. The van der Waals surface area contributed by atoms with Crippen LogP contribution >= 0.6 is 0 Å². The number of nitrogens with one attached hydrogen (secondary N) is 1. The van der Waals surface area contributed by atoms with Gasteiger partial charge in [0.25, 0.3) is 0 Å². The number of unbranched alkanes of at least 4 members (excludes halogenated alkanes) is 1. The van der Waals surface area contributed by atoms with Crippen molar-refractivity contribution in [1.82, 2.24) is 0 Å².